The standard InChI is InChI=1S/C22H32N4O2S.HI/c1-16-7-10-19(11-8-16)20(26(4)5)15-25-22(23-3)24-14-18-9-12-21(17(2)13-18)29(6,27)28;/h7-13,20H,14-15H2,1-6H3,(H2,23,24,25);1H. The zero-order valence-electron chi connectivity index (χ0n) is 18.6. The van der Waals surface area contributed by atoms with Crippen LogP contribution in [0.2, 0.25) is 0 Å². The molecule has 0 aliphatic rings. The number of benzene rings is 2. The SMILES string of the molecule is CN=C(NCc1ccc(S(C)(=O)=O)c(C)c1)NCC(c1ccc(C)cc1)N(C)C.I. The van der Waals surface area contributed by atoms with Crippen LogP contribution in [0.3, 0.4) is 0 Å². The quantitative estimate of drug-likeness (QED) is 0.318. The van der Waals surface area contributed by atoms with Crippen LogP contribution in [0.1, 0.15) is 28.3 Å². The van der Waals surface area contributed by atoms with E-state index < -0.39 is 9.84 Å². The third kappa shape index (κ3) is 7.55. The van der Waals surface area contributed by atoms with Crippen molar-refractivity contribution in [1.82, 2.24) is 15.5 Å². The maximum Gasteiger partial charge on any atom is 0.191 e. The largest absolute Gasteiger partial charge is 0.354 e. The first-order chi connectivity index (χ1) is 13.6. The van der Waals surface area contributed by atoms with Crippen molar-refractivity contribution in [2.24, 2.45) is 4.99 Å². The Hall–Kier alpha value is -1.65. The molecule has 0 aliphatic carbocycles. The van der Waals surface area contributed by atoms with Gasteiger partial charge in [0.05, 0.1) is 10.9 Å². The van der Waals surface area contributed by atoms with E-state index in [0.29, 0.717) is 23.9 Å². The summed E-state index contributed by atoms with van der Waals surface area (Å²) in [4.78, 5) is 6.85. The Labute approximate surface area is 198 Å². The summed E-state index contributed by atoms with van der Waals surface area (Å²) in [6, 6.07) is 14.2. The number of aryl methyl sites for hydroxylation is 2. The van der Waals surface area contributed by atoms with Crippen molar-refractivity contribution in [3.8, 4) is 0 Å². The molecule has 0 amide bonds. The van der Waals surface area contributed by atoms with Crippen LogP contribution >= 0.6 is 24.0 Å². The van der Waals surface area contributed by atoms with Gasteiger partial charge in [0.2, 0.25) is 0 Å². The predicted molar refractivity (Wildman–Crippen MR) is 136 cm³/mol. The molecule has 0 aromatic heterocycles. The summed E-state index contributed by atoms with van der Waals surface area (Å²) in [5.41, 5.74) is 4.24. The van der Waals surface area contributed by atoms with Gasteiger partial charge < -0.3 is 15.5 Å². The number of nitrogens with one attached hydrogen (secondary N) is 2. The molecule has 1 unspecified atom stereocenters. The lowest BCUT2D eigenvalue weighted by atomic mass is 10.0. The van der Waals surface area contributed by atoms with E-state index in [9.17, 15) is 8.42 Å². The van der Waals surface area contributed by atoms with E-state index in [1.807, 2.05) is 19.1 Å². The monoisotopic (exact) mass is 544 g/mol. The number of sulfone groups is 1. The zero-order chi connectivity index (χ0) is 21.6. The summed E-state index contributed by atoms with van der Waals surface area (Å²) in [5.74, 6) is 0.703. The Morgan fingerprint density at radius 3 is 2.20 bits per heavy atom. The van der Waals surface area contributed by atoms with E-state index in [-0.39, 0.29) is 30.0 Å². The van der Waals surface area contributed by atoms with Crippen LogP contribution in [0.25, 0.3) is 0 Å². The van der Waals surface area contributed by atoms with Gasteiger partial charge in [-0.15, -0.1) is 24.0 Å². The second kappa shape index (κ2) is 11.7. The summed E-state index contributed by atoms with van der Waals surface area (Å²) in [5, 5.41) is 6.68. The fourth-order valence-corrected chi connectivity index (χ4v) is 4.18. The van der Waals surface area contributed by atoms with Crippen LogP contribution in [-0.4, -0.2) is 53.2 Å². The fraction of sp³-hybridized carbons (Fsp3) is 0.409. The topological polar surface area (TPSA) is 73.8 Å². The van der Waals surface area contributed by atoms with Crippen LogP contribution in [-0.2, 0) is 16.4 Å². The molecular weight excluding hydrogens is 511 g/mol. The smallest absolute Gasteiger partial charge is 0.191 e. The third-order valence-electron chi connectivity index (χ3n) is 4.87. The molecule has 6 nitrogen and oxygen atoms in total. The zero-order valence-corrected chi connectivity index (χ0v) is 21.7. The molecule has 0 heterocycles. The van der Waals surface area contributed by atoms with Gasteiger partial charge in [-0.2, -0.15) is 0 Å². The van der Waals surface area contributed by atoms with Gasteiger partial charge in [-0.05, 0) is 50.7 Å². The van der Waals surface area contributed by atoms with Crippen molar-refractivity contribution < 1.29 is 8.42 Å². The molecule has 1 atom stereocenters. The minimum Gasteiger partial charge on any atom is -0.354 e. The highest BCUT2D eigenvalue weighted by Crippen LogP contribution is 2.18. The minimum absolute atomic E-state index is 0. The van der Waals surface area contributed by atoms with Crippen molar-refractivity contribution in [2.75, 3.05) is 33.9 Å². The lowest BCUT2D eigenvalue weighted by Crippen LogP contribution is -2.41. The van der Waals surface area contributed by atoms with Crippen LogP contribution < -0.4 is 10.6 Å². The maximum absolute atomic E-state index is 11.8. The molecule has 2 rings (SSSR count). The van der Waals surface area contributed by atoms with Gasteiger partial charge in [0.25, 0.3) is 0 Å². The first-order valence-corrected chi connectivity index (χ1v) is 11.5. The van der Waals surface area contributed by atoms with Gasteiger partial charge in [0, 0.05) is 26.4 Å². The van der Waals surface area contributed by atoms with Gasteiger partial charge in [0.15, 0.2) is 15.8 Å². The lowest BCUT2D eigenvalue weighted by Gasteiger charge is -2.26. The Morgan fingerprint density at radius 1 is 1.07 bits per heavy atom. The predicted octanol–water partition coefficient (Wildman–Crippen LogP) is 3.29. The molecule has 2 aromatic carbocycles. The van der Waals surface area contributed by atoms with E-state index in [1.165, 1.54) is 17.4 Å². The molecule has 2 aromatic rings. The molecule has 0 fully saturated rings. The number of aliphatic imine (C=N–C) groups is 1. The lowest BCUT2D eigenvalue weighted by molar-refractivity contribution is 0.298. The molecule has 0 aliphatic heterocycles. The molecule has 166 valence electrons. The summed E-state index contributed by atoms with van der Waals surface area (Å²) in [7, 11) is 2.67. The first-order valence-electron chi connectivity index (χ1n) is 9.59. The number of hydrogen-bond donors (Lipinski definition) is 2. The molecule has 0 saturated heterocycles. The maximum atomic E-state index is 11.8. The highest BCUT2D eigenvalue weighted by molar-refractivity contribution is 14.0. The molecule has 0 spiro atoms. The van der Waals surface area contributed by atoms with E-state index in [4.69, 9.17) is 0 Å². The van der Waals surface area contributed by atoms with Crippen LogP contribution in [0.5, 0.6) is 0 Å². The van der Waals surface area contributed by atoms with Crippen molar-refractivity contribution >= 4 is 39.8 Å². The number of guanidine groups is 1. The Kier molecular flexibility index (Phi) is 10.3. The Morgan fingerprint density at radius 2 is 1.70 bits per heavy atom. The van der Waals surface area contributed by atoms with Crippen molar-refractivity contribution in [3.63, 3.8) is 0 Å². The Bertz CT molecular complexity index is 958. The van der Waals surface area contributed by atoms with Gasteiger partial charge >= 0.3 is 0 Å². The summed E-state index contributed by atoms with van der Waals surface area (Å²) in [6.45, 7) is 5.17. The number of nitrogens with zero attached hydrogens (tertiary/aromatic N) is 2. The molecule has 0 radical (unpaired) electrons. The van der Waals surface area contributed by atoms with E-state index in [0.717, 1.165) is 11.1 Å². The van der Waals surface area contributed by atoms with Crippen LogP contribution in [0.4, 0.5) is 0 Å². The minimum atomic E-state index is -3.20. The molecule has 0 bridgehead atoms. The highest BCUT2D eigenvalue weighted by Gasteiger charge is 2.15. The normalized spacial score (nSPS) is 13.0. The van der Waals surface area contributed by atoms with Gasteiger partial charge in [0.1, 0.15) is 0 Å². The fourth-order valence-electron chi connectivity index (χ4n) is 3.22. The Balaban J connectivity index is 0.00000450. The van der Waals surface area contributed by atoms with Crippen LogP contribution in [0, 0.1) is 13.8 Å². The number of rotatable bonds is 7. The molecular formula is C22H33IN4O2S. The number of likely N-dealkylation sites (N-methyl/N-ethyl adjacent to an activating group) is 1. The summed E-state index contributed by atoms with van der Waals surface area (Å²) < 4.78 is 23.5. The molecule has 8 heteroatoms. The summed E-state index contributed by atoms with van der Waals surface area (Å²) >= 11 is 0. The van der Waals surface area contributed by atoms with Crippen molar-refractivity contribution in [3.05, 3.63) is 64.7 Å². The number of halogens is 1. The van der Waals surface area contributed by atoms with Gasteiger partial charge in [-0.25, -0.2) is 8.42 Å². The molecule has 2 N–H and O–H groups in total. The second-order valence-electron chi connectivity index (χ2n) is 7.57. The average Bonchev–Trinajstić information content (AvgIpc) is 2.64. The average molecular weight is 545 g/mol. The van der Waals surface area contributed by atoms with E-state index in [1.54, 1.807) is 13.1 Å². The summed E-state index contributed by atoms with van der Waals surface area (Å²) in [6.07, 6.45) is 1.23. The van der Waals surface area contributed by atoms with Crippen molar-refractivity contribution in [2.45, 2.75) is 31.3 Å². The first kappa shape index (κ1) is 26.4. The third-order valence-corrected chi connectivity index (χ3v) is 6.13. The molecule has 30 heavy (non-hydrogen) atoms. The molecule has 0 saturated carbocycles. The van der Waals surface area contributed by atoms with E-state index in [2.05, 4.69) is 65.8 Å². The number of hydrogen-bond acceptors (Lipinski definition) is 4. The van der Waals surface area contributed by atoms with Gasteiger partial charge in [-0.3, -0.25) is 4.99 Å². The van der Waals surface area contributed by atoms with E-state index >= 15 is 0 Å². The van der Waals surface area contributed by atoms with Gasteiger partial charge in [-0.1, -0.05) is 42.0 Å². The van der Waals surface area contributed by atoms with Crippen LogP contribution in [0.15, 0.2) is 52.4 Å². The second-order valence-corrected chi connectivity index (χ2v) is 9.55. The van der Waals surface area contributed by atoms with Crippen molar-refractivity contribution in [1.29, 1.82) is 0 Å². The highest BCUT2D eigenvalue weighted by atomic mass is 127.